The van der Waals surface area contributed by atoms with Gasteiger partial charge in [-0.15, -0.1) is 0 Å². The van der Waals surface area contributed by atoms with E-state index in [0.717, 1.165) is 0 Å². The minimum atomic E-state index is -0.0948. The molecule has 2 heteroatoms. The summed E-state index contributed by atoms with van der Waals surface area (Å²) in [5, 5.41) is 0.595. The molecule has 0 aliphatic rings. The summed E-state index contributed by atoms with van der Waals surface area (Å²) in [6, 6.07) is 0. The molecule has 0 bridgehead atoms. The van der Waals surface area contributed by atoms with Crippen molar-refractivity contribution in [2.45, 2.75) is 20.8 Å². The normalized spacial score (nSPS) is 13.6. The van der Waals surface area contributed by atoms with Gasteiger partial charge < -0.3 is 0 Å². The molecule has 0 amide bonds. The zero-order valence-corrected chi connectivity index (χ0v) is 6.70. The number of allylic oxidation sites excluding steroid dienone is 2. The summed E-state index contributed by atoms with van der Waals surface area (Å²) in [4.78, 5) is 9.90. The van der Waals surface area contributed by atoms with E-state index < -0.39 is 0 Å². The molecule has 0 atom stereocenters. The first-order chi connectivity index (χ1) is 3.98. The monoisotopic (exact) mass is 146 g/mol. The van der Waals surface area contributed by atoms with Crippen LogP contribution in [0.2, 0.25) is 0 Å². The molecule has 0 aromatic carbocycles. The van der Waals surface area contributed by atoms with Gasteiger partial charge in [0, 0.05) is 5.03 Å². The lowest BCUT2D eigenvalue weighted by atomic mass is 9.96. The molecule has 0 N–H and O–H groups in total. The Morgan fingerprint density at radius 2 is 1.89 bits per heavy atom. The molecule has 9 heavy (non-hydrogen) atoms. The van der Waals surface area contributed by atoms with Gasteiger partial charge >= 0.3 is 0 Å². The lowest BCUT2D eigenvalue weighted by Gasteiger charge is -2.15. The van der Waals surface area contributed by atoms with Crippen molar-refractivity contribution in [3.05, 3.63) is 11.1 Å². The molecule has 0 radical (unpaired) electrons. The van der Waals surface area contributed by atoms with Crippen LogP contribution in [0.3, 0.4) is 0 Å². The van der Waals surface area contributed by atoms with Gasteiger partial charge in [-0.1, -0.05) is 32.4 Å². The van der Waals surface area contributed by atoms with Crippen LogP contribution in [-0.2, 0) is 4.79 Å². The van der Waals surface area contributed by atoms with Crippen LogP contribution in [0, 0.1) is 5.41 Å². The Morgan fingerprint density at radius 1 is 1.44 bits per heavy atom. The topological polar surface area (TPSA) is 17.1 Å². The van der Waals surface area contributed by atoms with Gasteiger partial charge in [-0.25, -0.2) is 0 Å². The molecule has 0 aromatic rings. The number of halogens is 1. The standard InChI is InChI=1S/C7H11ClO/c1-7(2,3)6(8)4-5-9/h4-5H,1-3H3/b6-4-. The molecule has 1 nitrogen and oxygen atoms in total. The van der Waals surface area contributed by atoms with Crippen LogP contribution >= 0.6 is 11.6 Å². The van der Waals surface area contributed by atoms with Crippen LogP contribution in [-0.4, -0.2) is 6.29 Å². The van der Waals surface area contributed by atoms with Crippen molar-refractivity contribution < 1.29 is 4.79 Å². The van der Waals surface area contributed by atoms with E-state index in [1.165, 1.54) is 6.08 Å². The van der Waals surface area contributed by atoms with E-state index in [0.29, 0.717) is 11.3 Å². The maximum atomic E-state index is 9.90. The Labute approximate surface area is 60.7 Å². The predicted molar refractivity (Wildman–Crippen MR) is 39.5 cm³/mol. The molecule has 0 saturated heterocycles. The van der Waals surface area contributed by atoms with Crippen molar-refractivity contribution in [1.82, 2.24) is 0 Å². The Morgan fingerprint density at radius 3 is 2.00 bits per heavy atom. The highest BCUT2D eigenvalue weighted by Gasteiger charge is 2.13. The van der Waals surface area contributed by atoms with Gasteiger partial charge in [-0.3, -0.25) is 4.79 Å². The maximum Gasteiger partial charge on any atom is 0.144 e. The predicted octanol–water partition coefficient (Wildman–Crippen LogP) is 2.35. The fourth-order valence-electron chi connectivity index (χ4n) is 0.310. The summed E-state index contributed by atoms with van der Waals surface area (Å²) >= 11 is 5.69. The van der Waals surface area contributed by atoms with Crippen LogP contribution < -0.4 is 0 Å². The SMILES string of the molecule is CC(C)(C)/C(Cl)=C/C=O. The Hall–Kier alpha value is -0.300. The van der Waals surface area contributed by atoms with Gasteiger partial charge in [0.1, 0.15) is 6.29 Å². The zero-order valence-electron chi connectivity index (χ0n) is 5.94. The Kier molecular flexibility index (Phi) is 2.92. The van der Waals surface area contributed by atoms with Crippen LogP contribution in [0.4, 0.5) is 0 Å². The molecule has 52 valence electrons. The highest BCUT2D eigenvalue weighted by Crippen LogP contribution is 2.27. The summed E-state index contributed by atoms with van der Waals surface area (Å²) in [7, 11) is 0. The minimum Gasteiger partial charge on any atom is -0.299 e. The summed E-state index contributed by atoms with van der Waals surface area (Å²) in [6.45, 7) is 5.86. The fourth-order valence-corrected chi connectivity index (χ4v) is 0.361. The molecule has 0 saturated carbocycles. The van der Waals surface area contributed by atoms with E-state index in [-0.39, 0.29) is 5.41 Å². The number of carbonyl (C=O) groups excluding carboxylic acids is 1. The van der Waals surface area contributed by atoms with Gasteiger partial charge in [0.05, 0.1) is 0 Å². The van der Waals surface area contributed by atoms with Crippen molar-refractivity contribution in [2.75, 3.05) is 0 Å². The van der Waals surface area contributed by atoms with Gasteiger partial charge in [0.2, 0.25) is 0 Å². The second-order valence-corrected chi connectivity index (χ2v) is 3.31. The van der Waals surface area contributed by atoms with E-state index in [4.69, 9.17) is 11.6 Å². The van der Waals surface area contributed by atoms with E-state index in [2.05, 4.69) is 0 Å². The fraction of sp³-hybridized carbons (Fsp3) is 0.571. The molecule has 0 heterocycles. The lowest BCUT2D eigenvalue weighted by molar-refractivity contribution is -0.104. The average molecular weight is 147 g/mol. The first kappa shape index (κ1) is 8.70. The largest absolute Gasteiger partial charge is 0.299 e. The van der Waals surface area contributed by atoms with Crippen molar-refractivity contribution in [3.8, 4) is 0 Å². The quantitative estimate of drug-likeness (QED) is 0.410. The smallest absolute Gasteiger partial charge is 0.144 e. The maximum absolute atomic E-state index is 9.90. The molecule has 0 spiro atoms. The van der Waals surface area contributed by atoms with Crippen molar-refractivity contribution in [3.63, 3.8) is 0 Å². The van der Waals surface area contributed by atoms with Crippen molar-refractivity contribution >= 4 is 17.9 Å². The highest BCUT2D eigenvalue weighted by molar-refractivity contribution is 6.31. The number of carbonyl (C=O) groups is 1. The van der Waals surface area contributed by atoms with Gasteiger partial charge in [0.15, 0.2) is 0 Å². The van der Waals surface area contributed by atoms with Crippen molar-refractivity contribution in [1.29, 1.82) is 0 Å². The van der Waals surface area contributed by atoms with E-state index in [1.54, 1.807) is 0 Å². The van der Waals surface area contributed by atoms with Gasteiger partial charge in [0.25, 0.3) is 0 Å². The third-order valence-corrected chi connectivity index (χ3v) is 1.62. The molecule has 0 rings (SSSR count). The molecule has 0 aliphatic heterocycles. The zero-order chi connectivity index (χ0) is 7.49. The summed E-state index contributed by atoms with van der Waals surface area (Å²) < 4.78 is 0. The number of rotatable bonds is 1. The second kappa shape index (κ2) is 3.02. The average Bonchev–Trinajstić information content (AvgIpc) is 1.64. The molecular weight excluding hydrogens is 136 g/mol. The molecular formula is C7H11ClO. The third kappa shape index (κ3) is 3.31. The molecule has 0 unspecified atom stereocenters. The first-order valence-electron chi connectivity index (χ1n) is 2.80. The summed E-state index contributed by atoms with van der Waals surface area (Å²) in [5.41, 5.74) is -0.0948. The van der Waals surface area contributed by atoms with E-state index in [1.807, 2.05) is 20.8 Å². The number of hydrogen-bond donors (Lipinski definition) is 0. The number of hydrogen-bond acceptors (Lipinski definition) is 1. The summed E-state index contributed by atoms with van der Waals surface area (Å²) in [6.07, 6.45) is 2.08. The third-order valence-electron chi connectivity index (χ3n) is 0.931. The van der Waals surface area contributed by atoms with Gasteiger partial charge in [-0.2, -0.15) is 0 Å². The lowest BCUT2D eigenvalue weighted by Crippen LogP contribution is -2.04. The second-order valence-electron chi connectivity index (χ2n) is 2.90. The first-order valence-corrected chi connectivity index (χ1v) is 3.17. The Balaban J connectivity index is 4.19. The van der Waals surface area contributed by atoms with Crippen LogP contribution in [0.25, 0.3) is 0 Å². The minimum absolute atomic E-state index is 0.0948. The van der Waals surface area contributed by atoms with Crippen molar-refractivity contribution in [2.24, 2.45) is 5.41 Å². The highest BCUT2D eigenvalue weighted by atomic mass is 35.5. The molecule has 0 aliphatic carbocycles. The van der Waals surface area contributed by atoms with Crippen LogP contribution in [0.15, 0.2) is 11.1 Å². The molecule has 0 aromatic heterocycles. The molecule has 0 fully saturated rings. The van der Waals surface area contributed by atoms with Crippen LogP contribution in [0.1, 0.15) is 20.8 Å². The Bertz CT molecular complexity index is 130. The van der Waals surface area contributed by atoms with Crippen LogP contribution in [0.5, 0.6) is 0 Å². The summed E-state index contributed by atoms with van der Waals surface area (Å²) in [5.74, 6) is 0. The van der Waals surface area contributed by atoms with E-state index in [9.17, 15) is 4.79 Å². The number of aldehydes is 1. The van der Waals surface area contributed by atoms with E-state index >= 15 is 0 Å². The van der Waals surface area contributed by atoms with Gasteiger partial charge in [-0.05, 0) is 11.5 Å².